The van der Waals surface area contributed by atoms with Crippen LogP contribution in [0.1, 0.15) is 36.4 Å². The largest absolute Gasteiger partial charge is 0.493 e. The molecule has 0 amide bonds. The first kappa shape index (κ1) is 18.9. The minimum absolute atomic E-state index is 0.0635. The van der Waals surface area contributed by atoms with E-state index in [1.807, 2.05) is 6.07 Å². The molecule has 1 atom stereocenters. The summed E-state index contributed by atoms with van der Waals surface area (Å²) in [7, 11) is 3.81. The van der Waals surface area contributed by atoms with Gasteiger partial charge in [-0.05, 0) is 36.9 Å². The summed E-state index contributed by atoms with van der Waals surface area (Å²) in [5, 5.41) is 7.18. The van der Waals surface area contributed by atoms with Crippen LogP contribution >= 0.6 is 15.9 Å². The smallest absolute Gasteiger partial charge is 0.200 e. The van der Waals surface area contributed by atoms with Crippen molar-refractivity contribution >= 4 is 21.6 Å². The van der Waals surface area contributed by atoms with E-state index in [0.717, 1.165) is 65.2 Å². The number of hydrogen-bond donors (Lipinski definition) is 0. The maximum Gasteiger partial charge on any atom is 0.200 e. The molecular formula is C22H23BrFN3O2. The van der Waals surface area contributed by atoms with Gasteiger partial charge in [-0.15, -0.1) is 0 Å². The molecule has 7 heteroatoms. The van der Waals surface area contributed by atoms with Gasteiger partial charge in [0.2, 0.25) is 5.72 Å². The Bertz CT molecular complexity index is 971. The van der Waals surface area contributed by atoms with E-state index in [9.17, 15) is 4.39 Å². The van der Waals surface area contributed by atoms with Crippen LogP contribution in [0.15, 0.2) is 46.0 Å². The first-order valence-electron chi connectivity index (χ1n) is 9.87. The summed E-state index contributed by atoms with van der Waals surface area (Å²) >= 11 is 3.60. The highest BCUT2D eigenvalue weighted by Gasteiger charge is 2.52. The summed E-state index contributed by atoms with van der Waals surface area (Å²) in [6.07, 6.45) is 2.47. The van der Waals surface area contributed by atoms with Gasteiger partial charge in [0.15, 0.2) is 11.5 Å². The van der Waals surface area contributed by atoms with Crippen molar-refractivity contribution in [1.82, 2.24) is 9.91 Å². The molecule has 0 N–H and O–H groups in total. The van der Waals surface area contributed by atoms with Crippen LogP contribution in [0.2, 0.25) is 0 Å². The lowest BCUT2D eigenvalue weighted by molar-refractivity contribution is -0.148. The molecule has 152 valence electrons. The SMILES string of the molecule is COc1cc(Br)cc2c1OC1(CCN(C)CC1)N1N=C(c3ccc(F)cc3)C[C@H]21. The number of halogens is 2. The van der Waals surface area contributed by atoms with Crippen molar-refractivity contribution < 1.29 is 13.9 Å². The number of ether oxygens (including phenoxy) is 2. The van der Waals surface area contributed by atoms with Gasteiger partial charge in [-0.2, -0.15) is 5.10 Å². The summed E-state index contributed by atoms with van der Waals surface area (Å²) in [5.74, 6) is 1.32. The fraction of sp³-hybridized carbons (Fsp3) is 0.409. The highest BCUT2D eigenvalue weighted by atomic mass is 79.9. The van der Waals surface area contributed by atoms with Gasteiger partial charge >= 0.3 is 0 Å². The van der Waals surface area contributed by atoms with Gasteiger partial charge in [0.1, 0.15) is 5.82 Å². The maximum atomic E-state index is 13.4. The second-order valence-corrected chi connectivity index (χ2v) is 8.91. The molecule has 3 aliphatic rings. The molecule has 0 saturated carbocycles. The van der Waals surface area contributed by atoms with Gasteiger partial charge in [0.05, 0.1) is 18.9 Å². The fourth-order valence-corrected chi connectivity index (χ4v) is 5.03. The standard InChI is InChI=1S/C22H23BrFN3O2/c1-26-9-7-22(8-10-26)27-19(13-18(25-27)14-3-5-16(24)6-4-14)17-11-15(23)12-20(28-2)21(17)29-22/h3-6,11-12,19H,7-10,13H2,1-2H3/t19-/m1/s1. The van der Waals surface area contributed by atoms with E-state index < -0.39 is 5.72 Å². The molecule has 2 aromatic rings. The lowest BCUT2D eigenvalue weighted by Gasteiger charge is -2.51. The number of rotatable bonds is 2. The number of piperidine rings is 1. The molecule has 5 nitrogen and oxygen atoms in total. The summed E-state index contributed by atoms with van der Waals surface area (Å²) in [6.45, 7) is 1.89. The van der Waals surface area contributed by atoms with Gasteiger partial charge in [-0.1, -0.05) is 28.1 Å². The lowest BCUT2D eigenvalue weighted by Crippen LogP contribution is -2.58. The van der Waals surface area contributed by atoms with Crippen LogP contribution in [-0.2, 0) is 0 Å². The van der Waals surface area contributed by atoms with Gasteiger partial charge < -0.3 is 14.4 Å². The minimum atomic E-state index is -0.493. The van der Waals surface area contributed by atoms with Crippen molar-refractivity contribution in [1.29, 1.82) is 0 Å². The van der Waals surface area contributed by atoms with Crippen molar-refractivity contribution in [3.63, 3.8) is 0 Å². The van der Waals surface area contributed by atoms with Crippen molar-refractivity contribution in [2.45, 2.75) is 31.0 Å². The Morgan fingerprint density at radius 3 is 2.62 bits per heavy atom. The van der Waals surface area contributed by atoms with E-state index in [-0.39, 0.29) is 11.9 Å². The first-order valence-corrected chi connectivity index (χ1v) is 10.7. The van der Waals surface area contributed by atoms with Crippen molar-refractivity contribution in [3.8, 4) is 11.5 Å². The zero-order chi connectivity index (χ0) is 20.2. The van der Waals surface area contributed by atoms with Gasteiger partial charge in [-0.25, -0.2) is 9.40 Å². The Balaban J connectivity index is 1.62. The predicted molar refractivity (Wildman–Crippen MR) is 113 cm³/mol. The number of likely N-dealkylation sites (tertiary alicyclic amines) is 1. The number of nitrogens with zero attached hydrogens (tertiary/aromatic N) is 3. The molecular weight excluding hydrogens is 437 g/mol. The normalized spacial score (nSPS) is 22.7. The Hall–Kier alpha value is -2.12. The molecule has 3 aliphatic heterocycles. The molecule has 0 aromatic heterocycles. The monoisotopic (exact) mass is 459 g/mol. The van der Waals surface area contributed by atoms with Crippen molar-refractivity contribution in [3.05, 3.63) is 57.8 Å². The van der Waals surface area contributed by atoms with Crippen LogP contribution in [0.25, 0.3) is 0 Å². The Labute approximate surface area is 178 Å². The van der Waals surface area contributed by atoms with E-state index in [1.54, 1.807) is 19.2 Å². The number of hydrazone groups is 1. The van der Waals surface area contributed by atoms with Crippen LogP contribution in [0.4, 0.5) is 4.39 Å². The average molecular weight is 460 g/mol. The third kappa shape index (κ3) is 3.11. The molecule has 1 saturated heterocycles. The highest BCUT2D eigenvalue weighted by Crippen LogP contribution is 2.53. The Morgan fingerprint density at radius 1 is 1.21 bits per heavy atom. The second kappa shape index (κ2) is 6.99. The maximum absolute atomic E-state index is 13.4. The number of benzene rings is 2. The second-order valence-electron chi connectivity index (χ2n) is 8.00. The highest BCUT2D eigenvalue weighted by molar-refractivity contribution is 9.10. The first-order chi connectivity index (χ1) is 14.0. The Kier molecular flexibility index (Phi) is 4.55. The summed E-state index contributed by atoms with van der Waals surface area (Å²) in [6, 6.07) is 10.7. The molecule has 5 rings (SSSR count). The third-order valence-corrected chi connectivity index (χ3v) is 6.65. The molecule has 3 heterocycles. The molecule has 0 aliphatic carbocycles. The fourth-order valence-electron chi connectivity index (χ4n) is 4.58. The van der Waals surface area contributed by atoms with Gasteiger partial charge in [-0.3, -0.25) is 0 Å². The summed E-state index contributed by atoms with van der Waals surface area (Å²) in [4.78, 5) is 2.32. The average Bonchev–Trinajstić information content (AvgIpc) is 3.18. The van der Waals surface area contributed by atoms with Crippen LogP contribution in [0.5, 0.6) is 11.5 Å². The molecule has 0 bridgehead atoms. The quantitative estimate of drug-likeness (QED) is 0.659. The number of hydrogen-bond acceptors (Lipinski definition) is 5. The van der Waals surface area contributed by atoms with Crippen LogP contribution in [0.3, 0.4) is 0 Å². The Morgan fingerprint density at radius 2 is 1.93 bits per heavy atom. The number of methoxy groups -OCH3 is 1. The molecule has 1 spiro atoms. The van der Waals surface area contributed by atoms with E-state index in [1.165, 1.54) is 12.1 Å². The van der Waals surface area contributed by atoms with E-state index in [2.05, 4.69) is 39.0 Å². The molecule has 1 fully saturated rings. The molecule has 0 radical (unpaired) electrons. The molecule has 2 aromatic carbocycles. The summed E-state index contributed by atoms with van der Waals surface area (Å²) < 4.78 is 26.7. The van der Waals surface area contributed by atoms with E-state index in [4.69, 9.17) is 14.6 Å². The van der Waals surface area contributed by atoms with Gasteiger partial charge in [0, 0.05) is 42.4 Å². The van der Waals surface area contributed by atoms with E-state index >= 15 is 0 Å². The lowest BCUT2D eigenvalue weighted by atomic mass is 9.90. The zero-order valence-corrected chi connectivity index (χ0v) is 18.1. The summed E-state index contributed by atoms with van der Waals surface area (Å²) in [5.41, 5.74) is 2.49. The topological polar surface area (TPSA) is 37.3 Å². The van der Waals surface area contributed by atoms with E-state index in [0.29, 0.717) is 0 Å². The van der Waals surface area contributed by atoms with Gasteiger partial charge in [0.25, 0.3) is 0 Å². The van der Waals surface area contributed by atoms with Crippen molar-refractivity contribution in [2.24, 2.45) is 5.10 Å². The third-order valence-electron chi connectivity index (χ3n) is 6.19. The molecule has 29 heavy (non-hydrogen) atoms. The van der Waals surface area contributed by atoms with Crippen molar-refractivity contribution in [2.75, 3.05) is 27.2 Å². The minimum Gasteiger partial charge on any atom is -0.493 e. The van der Waals surface area contributed by atoms with Crippen LogP contribution in [0, 0.1) is 5.82 Å². The zero-order valence-electron chi connectivity index (χ0n) is 16.5. The van der Waals surface area contributed by atoms with Crippen LogP contribution < -0.4 is 9.47 Å². The predicted octanol–water partition coefficient (Wildman–Crippen LogP) is 4.56. The molecule has 0 unspecified atom stereocenters. The van der Waals surface area contributed by atoms with Crippen LogP contribution in [-0.4, -0.2) is 48.6 Å². The number of fused-ring (bicyclic) bond motifs is 4.